The number of hydrogen-bond donors (Lipinski definition) is 0. The quantitative estimate of drug-likeness (QED) is 0.132. The van der Waals surface area contributed by atoms with Crippen LogP contribution in [0.5, 0.6) is 0 Å². The average Bonchev–Trinajstić information content (AvgIpc) is 3.87. The summed E-state index contributed by atoms with van der Waals surface area (Å²) >= 11 is 0. The van der Waals surface area contributed by atoms with Crippen LogP contribution in [0.3, 0.4) is 0 Å². The molecule has 2 aliphatic rings. The van der Waals surface area contributed by atoms with Crippen molar-refractivity contribution in [2.75, 3.05) is 0 Å². The lowest BCUT2D eigenvalue weighted by molar-refractivity contribution is -0.944. The zero-order valence-electron chi connectivity index (χ0n) is 31.5. The summed E-state index contributed by atoms with van der Waals surface area (Å²) in [6, 6.07) is 49.3. The summed E-state index contributed by atoms with van der Waals surface area (Å²) in [6.45, 7) is 14.1. The zero-order chi connectivity index (χ0) is 36.7. The van der Waals surface area contributed by atoms with Gasteiger partial charge < -0.3 is 4.42 Å². The van der Waals surface area contributed by atoms with Crippen LogP contribution in [0.1, 0.15) is 27.8 Å². The molecule has 6 aromatic carbocycles. The van der Waals surface area contributed by atoms with Crippen molar-refractivity contribution in [2.45, 2.75) is 46.1 Å². The minimum absolute atomic E-state index is 0.686. The molecule has 0 saturated carbocycles. The molecular weight excluding hydrogens is 675 g/mol. The summed E-state index contributed by atoms with van der Waals surface area (Å²) in [7, 11) is -1.74. The van der Waals surface area contributed by atoms with Crippen molar-refractivity contribution in [3.8, 4) is 39.5 Å². The maximum Gasteiger partial charge on any atom is 0.364 e. The Balaban J connectivity index is 1.34. The van der Waals surface area contributed by atoms with E-state index >= 15 is 0 Å². The topological polar surface area (TPSA) is 25.8 Å². The Morgan fingerprint density at radius 3 is 2.15 bits per heavy atom. The van der Waals surface area contributed by atoms with E-state index in [1.165, 1.54) is 66.4 Å². The molecule has 2 aliphatic heterocycles. The maximum atomic E-state index is 7.23. The van der Waals surface area contributed by atoms with Gasteiger partial charge in [-0.25, -0.2) is 0 Å². The monoisotopic (exact) mass is 715 g/mol. The second kappa shape index (κ2) is 10.8. The Labute approximate surface area is 316 Å². The van der Waals surface area contributed by atoms with Crippen molar-refractivity contribution < 1.29 is 13.6 Å². The van der Waals surface area contributed by atoms with Gasteiger partial charge in [-0.3, -0.25) is 0 Å². The summed E-state index contributed by atoms with van der Waals surface area (Å²) in [4.78, 5) is 0. The van der Waals surface area contributed by atoms with E-state index in [1.807, 2.05) is 0 Å². The Kier molecular flexibility index (Phi) is 6.28. The minimum Gasteiger partial charge on any atom is -0.455 e. The molecule has 3 aromatic heterocycles. The molecule has 5 heterocycles. The molecule has 0 saturated heterocycles. The lowest BCUT2D eigenvalue weighted by Gasteiger charge is -2.23. The summed E-state index contributed by atoms with van der Waals surface area (Å²) in [5, 5.41) is 3.74. The van der Waals surface area contributed by atoms with E-state index in [0.717, 1.165) is 39.0 Å². The second-order valence-electron chi connectivity index (χ2n) is 16.4. The Hall–Kier alpha value is -6.04. The van der Waals surface area contributed by atoms with Crippen LogP contribution in [0.2, 0.25) is 19.6 Å². The van der Waals surface area contributed by atoms with Crippen LogP contribution in [0.4, 0.5) is 0 Å². The molecular formula is C49H41N3OSi+2. The molecule has 0 fully saturated rings. The van der Waals surface area contributed by atoms with Gasteiger partial charge in [0.1, 0.15) is 16.8 Å². The standard InChI is InChI=1S/C49H41N3OSi/c1-30-15-14-16-31(2)45(30)33-23-24-35-36-25-26-39-46(47(36)53-43(35)28-33)48-51(34-17-8-7-9-18-34)40-21-12-13-22-41(40)52(48)49(39)38-20-11-10-19-37(38)42-27-32(3)44(29-50(42)49)54(4,5)6/h7-29H,1-6H3/q+2. The number of furan rings is 1. The highest BCUT2D eigenvalue weighted by atomic mass is 28.3. The van der Waals surface area contributed by atoms with E-state index in [0.29, 0.717) is 0 Å². The summed E-state index contributed by atoms with van der Waals surface area (Å²) < 4.78 is 14.9. The van der Waals surface area contributed by atoms with Gasteiger partial charge in [-0.1, -0.05) is 86.4 Å². The normalized spacial score (nSPS) is 15.7. The Morgan fingerprint density at radius 1 is 0.630 bits per heavy atom. The van der Waals surface area contributed by atoms with Gasteiger partial charge in [0.25, 0.3) is 0 Å². The van der Waals surface area contributed by atoms with E-state index in [2.05, 4.69) is 194 Å². The number of aromatic nitrogens is 3. The molecule has 1 spiro atoms. The van der Waals surface area contributed by atoms with Crippen LogP contribution < -0.4 is 14.3 Å². The van der Waals surface area contributed by atoms with E-state index in [4.69, 9.17) is 4.42 Å². The van der Waals surface area contributed by atoms with Crippen molar-refractivity contribution in [2.24, 2.45) is 0 Å². The summed E-state index contributed by atoms with van der Waals surface area (Å²) in [5.41, 5.74) is 17.2. The van der Waals surface area contributed by atoms with Gasteiger partial charge in [0.15, 0.2) is 22.8 Å². The van der Waals surface area contributed by atoms with Gasteiger partial charge in [-0.05, 0) is 109 Å². The molecule has 11 rings (SSSR count). The van der Waals surface area contributed by atoms with Crippen molar-refractivity contribution in [1.82, 2.24) is 4.57 Å². The predicted molar refractivity (Wildman–Crippen MR) is 222 cm³/mol. The minimum atomic E-state index is -1.74. The van der Waals surface area contributed by atoms with Gasteiger partial charge >= 0.3 is 11.5 Å². The van der Waals surface area contributed by atoms with Crippen LogP contribution in [0.15, 0.2) is 144 Å². The molecule has 54 heavy (non-hydrogen) atoms. The molecule has 0 radical (unpaired) electrons. The first-order valence-corrected chi connectivity index (χ1v) is 22.5. The number of fused-ring (bicyclic) bond motifs is 16. The average molecular weight is 716 g/mol. The van der Waals surface area contributed by atoms with Crippen LogP contribution in [0, 0.1) is 20.8 Å². The molecule has 5 heteroatoms. The van der Waals surface area contributed by atoms with Gasteiger partial charge in [0.05, 0.1) is 24.8 Å². The molecule has 0 N–H and O–H groups in total. The van der Waals surface area contributed by atoms with Crippen LogP contribution in [-0.4, -0.2) is 12.6 Å². The number of aryl methyl sites for hydroxylation is 3. The number of pyridine rings is 1. The number of imidazole rings is 1. The number of para-hydroxylation sites is 3. The van der Waals surface area contributed by atoms with Gasteiger partial charge in [-0.15, -0.1) is 9.13 Å². The third kappa shape index (κ3) is 3.92. The van der Waals surface area contributed by atoms with Crippen molar-refractivity contribution in [3.05, 3.63) is 167 Å². The van der Waals surface area contributed by atoms with Crippen molar-refractivity contribution >= 4 is 46.2 Å². The van der Waals surface area contributed by atoms with Crippen LogP contribution in [-0.2, 0) is 5.66 Å². The number of benzene rings is 6. The first kappa shape index (κ1) is 31.5. The Bertz CT molecular complexity index is 3050. The zero-order valence-corrected chi connectivity index (χ0v) is 32.5. The van der Waals surface area contributed by atoms with E-state index in [9.17, 15) is 0 Å². The SMILES string of the molecule is Cc1cc2[n+](cc1[Si](C)(C)C)C1(c3ccccc3-2)c2ccc3c(oc4cc(-c5c(C)cccc5C)ccc43)c2-c2n(-c3ccccc3)c3ccccc3[n+]21. The smallest absolute Gasteiger partial charge is 0.364 e. The predicted octanol–water partition coefficient (Wildman–Crippen LogP) is 10.5. The van der Waals surface area contributed by atoms with Gasteiger partial charge in [-0.2, -0.15) is 4.57 Å². The lowest BCUT2D eigenvalue weighted by Crippen LogP contribution is -2.72. The number of nitrogens with zero attached hydrogens (tertiary/aromatic N) is 3. The first-order chi connectivity index (χ1) is 26.2. The fourth-order valence-corrected chi connectivity index (χ4v) is 11.8. The van der Waals surface area contributed by atoms with Crippen molar-refractivity contribution in [1.29, 1.82) is 0 Å². The number of hydrogen-bond acceptors (Lipinski definition) is 1. The highest BCUT2D eigenvalue weighted by Gasteiger charge is 2.67. The van der Waals surface area contributed by atoms with Crippen LogP contribution >= 0.6 is 0 Å². The molecule has 0 aliphatic carbocycles. The van der Waals surface area contributed by atoms with Gasteiger partial charge in [0, 0.05) is 22.0 Å². The molecule has 1 atom stereocenters. The third-order valence-corrected chi connectivity index (χ3v) is 14.3. The molecule has 0 amide bonds. The molecule has 260 valence electrons. The van der Waals surface area contributed by atoms with E-state index in [1.54, 1.807) is 0 Å². The molecule has 0 bridgehead atoms. The van der Waals surface area contributed by atoms with E-state index in [-0.39, 0.29) is 0 Å². The highest BCUT2D eigenvalue weighted by Crippen LogP contribution is 2.52. The molecule has 4 nitrogen and oxygen atoms in total. The fraction of sp³-hybridized carbons (Fsp3) is 0.143. The van der Waals surface area contributed by atoms with Crippen molar-refractivity contribution in [3.63, 3.8) is 0 Å². The highest BCUT2D eigenvalue weighted by molar-refractivity contribution is 6.88. The third-order valence-electron chi connectivity index (χ3n) is 12.2. The Morgan fingerprint density at radius 2 is 1.35 bits per heavy atom. The fourth-order valence-electron chi connectivity index (χ4n) is 10.0. The lowest BCUT2D eigenvalue weighted by atomic mass is 9.88. The summed E-state index contributed by atoms with van der Waals surface area (Å²) in [5.74, 6) is 1.13. The maximum absolute atomic E-state index is 7.23. The van der Waals surface area contributed by atoms with Crippen LogP contribution in [0.25, 0.3) is 72.4 Å². The summed E-state index contributed by atoms with van der Waals surface area (Å²) in [6.07, 6.45) is 2.51. The van der Waals surface area contributed by atoms with E-state index < -0.39 is 13.7 Å². The van der Waals surface area contributed by atoms with Gasteiger partial charge in [0.2, 0.25) is 5.69 Å². The molecule has 1 unspecified atom stereocenters. The number of rotatable bonds is 3. The first-order valence-electron chi connectivity index (χ1n) is 19.0. The second-order valence-corrected chi connectivity index (χ2v) is 21.4. The largest absolute Gasteiger partial charge is 0.455 e. The molecule has 9 aromatic rings.